The number of nitriles is 1. The molecule has 0 saturated heterocycles. The number of hydrogen-bond donors (Lipinski definition) is 1. The summed E-state index contributed by atoms with van der Waals surface area (Å²) in [6.45, 7) is 9.61. The van der Waals surface area contributed by atoms with Crippen LogP contribution in [-0.2, 0) is 6.42 Å². The van der Waals surface area contributed by atoms with Crippen molar-refractivity contribution >= 4 is 17.6 Å². The Morgan fingerprint density at radius 1 is 1.29 bits per heavy atom. The standard InChI is InChI=1S/C26H28N4O3S/c1-15(2)33-22-12-9-16(13-17(22)14-27)24-28-23(29-34-24)20-8-6-7-19-18(20)10-11-21(19)30(25(31)32)26(3,4)5/h6-9,12-13,15,21H,10-11H2,1-5H3,(H,31,32)/t21-/m1/s1. The lowest BCUT2D eigenvalue weighted by Crippen LogP contribution is -2.46. The Kier molecular flexibility index (Phi) is 6.32. The van der Waals surface area contributed by atoms with Crippen LogP contribution in [0, 0.1) is 11.3 Å². The molecule has 0 fully saturated rings. The molecule has 176 valence electrons. The third-order valence-corrected chi connectivity index (χ3v) is 6.62. The van der Waals surface area contributed by atoms with Crippen LogP contribution in [0.15, 0.2) is 36.4 Å². The van der Waals surface area contributed by atoms with E-state index >= 15 is 0 Å². The highest BCUT2D eigenvalue weighted by molar-refractivity contribution is 7.09. The number of hydrogen-bond acceptors (Lipinski definition) is 6. The van der Waals surface area contributed by atoms with E-state index in [1.165, 1.54) is 11.5 Å². The van der Waals surface area contributed by atoms with Crippen LogP contribution in [0.1, 0.15) is 63.8 Å². The fourth-order valence-electron chi connectivity index (χ4n) is 4.56. The van der Waals surface area contributed by atoms with Gasteiger partial charge in [-0.05, 0) is 88.3 Å². The lowest BCUT2D eigenvalue weighted by molar-refractivity contribution is 0.0701. The van der Waals surface area contributed by atoms with E-state index in [0.29, 0.717) is 17.1 Å². The molecule has 1 aromatic heterocycles. The first-order valence-corrected chi connectivity index (χ1v) is 12.1. The predicted molar refractivity (Wildman–Crippen MR) is 132 cm³/mol. The van der Waals surface area contributed by atoms with E-state index in [2.05, 4.69) is 10.4 Å². The van der Waals surface area contributed by atoms with E-state index in [9.17, 15) is 15.2 Å². The predicted octanol–water partition coefficient (Wildman–Crippen LogP) is 6.30. The summed E-state index contributed by atoms with van der Waals surface area (Å²) < 4.78 is 10.3. The molecule has 3 aromatic rings. The van der Waals surface area contributed by atoms with Gasteiger partial charge in [0.25, 0.3) is 0 Å². The fraction of sp³-hybridized carbons (Fsp3) is 0.385. The van der Waals surface area contributed by atoms with Crippen molar-refractivity contribution in [3.63, 3.8) is 0 Å². The zero-order chi connectivity index (χ0) is 24.6. The summed E-state index contributed by atoms with van der Waals surface area (Å²) in [5.74, 6) is 1.18. The summed E-state index contributed by atoms with van der Waals surface area (Å²) in [6.07, 6.45) is 0.564. The van der Waals surface area contributed by atoms with Crippen LogP contribution >= 0.6 is 11.5 Å². The second-order valence-electron chi connectivity index (χ2n) is 9.66. The largest absolute Gasteiger partial charge is 0.490 e. The Morgan fingerprint density at radius 3 is 2.71 bits per heavy atom. The van der Waals surface area contributed by atoms with Gasteiger partial charge in [-0.1, -0.05) is 18.2 Å². The summed E-state index contributed by atoms with van der Waals surface area (Å²) in [5.41, 5.74) is 3.82. The van der Waals surface area contributed by atoms with E-state index < -0.39 is 11.6 Å². The van der Waals surface area contributed by atoms with E-state index in [-0.39, 0.29) is 12.1 Å². The number of nitrogens with zero attached hydrogens (tertiary/aromatic N) is 4. The van der Waals surface area contributed by atoms with Crippen LogP contribution < -0.4 is 4.74 Å². The number of benzene rings is 2. The first kappa shape index (κ1) is 23.7. The Hall–Kier alpha value is -3.44. The van der Waals surface area contributed by atoms with Crippen LogP contribution in [0.5, 0.6) is 5.75 Å². The zero-order valence-electron chi connectivity index (χ0n) is 20.0. The fourth-order valence-corrected chi connectivity index (χ4v) is 5.23. The normalized spacial score (nSPS) is 15.1. The van der Waals surface area contributed by atoms with Crippen molar-refractivity contribution < 1.29 is 14.6 Å². The van der Waals surface area contributed by atoms with E-state index in [1.54, 1.807) is 17.0 Å². The van der Waals surface area contributed by atoms with Gasteiger partial charge in [-0.15, -0.1) is 0 Å². The van der Waals surface area contributed by atoms with Gasteiger partial charge in [-0.3, -0.25) is 4.90 Å². The van der Waals surface area contributed by atoms with Crippen LogP contribution in [0.25, 0.3) is 22.0 Å². The lowest BCUT2D eigenvalue weighted by atomic mass is 9.98. The van der Waals surface area contributed by atoms with Gasteiger partial charge < -0.3 is 9.84 Å². The zero-order valence-corrected chi connectivity index (χ0v) is 20.8. The number of ether oxygens (including phenoxy) is 1. The highest BCUT2D eigenvalue weighted by Gasteiger charge is 2.38. The van der Waals surface area contributed by atoms with Gasteiger partial charge >= 0.3 is 6.09 Å². The van der Waals surface area contributed by atoms with Crippen molar-refractivity contribution in [2.45, 2.75) is 65.1 Å². The second-order valence-corrected chi connectivity index (χ2v) is 10.4. The molecular weight excluding hydrogens is 448 g/mol. The maximum atomic E-state index is 12.1. The molecule has 1 aliphatic carbocycles. The maximum absolute atomic E-state index is 12.1. The molecule has 1 heterocycles. The highest BCUT2D eigenvalue weighted by atomic mass is 32.1. The van der Waals surface area contributed by atoms with Gasteiger partial charge in [-0.25, -0.2) is 9.78 Å². The van der Waals surface area contributed by atoms with Crippen molar-refractivity contribution in [1.82, 2.24) is 14.3 Å². The summed E-state index contributed by atoms with van der Waals surface area (Å²) >= 11 is 1.28. The smallest absolute Gasteiger partial charge is 0.408 e. The molecule has 1 atom stereocenters. The van der Waals surface area contributed by atoms with Gasteiger partial charge in [0.15, 0.2) is 5.82 Å². The molecule has 7 nitrogen and oxygen atoms in total. The Bertz CT molecular complexity index is 1270. The number of amides is 1. The Labute approximate surface area is 203 Å². The third kappa shape index (κ3) is 4.48. The van der Waals surface area contributed by atoms with E-state index in [0.717, 1.165) is 40.1 Å². The number of carboxylic acid groups (broad SMARTS) is 1. The average molecular weight is 477 g/mol. The molecule has 4 rings (SSSR count). The quantitative estimate of drug-likeness (QED) is 0.464. The third-order valence-electron chi connectivity index (χ3n) is 5.86. The van der Waals surface area contributed by atoms with Gasteiger partial charge in [0.2, 0.25) is 0 Å². The lowest BCUT2D eigenvalue weighted by Gasteiger charge is -2.38. The number of rotatable bonds is 5. The number of fused-ring (bicyclic) bond motifs is 1. The molecular formula is C26H28N4O3S. The molecule has 0 radical (unpaired) electrons. The molecule has 2 aromatic carbocycles. The van der Waals surface area contributed by atoms with Crippen molar-refractivity contribution in [3.05, 3.63) is 53.1 Å². The van der Waals surface area contributed by atoms with Gasteiger partial charge in [0.05, 0.1) is 17.7 Å². The molecule has 1 N–H and O–H groups in total. The molecule has 1 aliphatic rings. The highest BCUT2D eigenvalue weighted by Crippen LogP contribution is 2.43. The Morgan fingerprint density at radius 2 is 2.06 bits per heavy atom. The Balaban J connectivity index is 1.68. The second kappa shape index (κ2) is 9.07. The number of carbonyl (C=O) groups is 1. The van der Waals surface area contributed by atoms with Crippen molar-refractivity contribution in [2.24, 2.45) is 0 Å². The van der Waals surface area contributed by atoms with Gasteiger partial charge in [0.1, 0.15) is 16.8 Å². The van der Waals surface area contributed by atoms with Crippen LogP contribution in [-0.4, -0.2) is 37.1 Å². The molecule has 0 unspecified atom stereocenters. The van der Waals surface area contributed by atoms with Crippen LogP contribution in [0.3, 0.4) is 0 Å². The minimum absolute atomic E-state index is 0.0228. The average Bonchev–Trinajstić information content (AvgIpc) is 3.40. The van der Waals surface area contributed by atoms with E-state index in [1.807, 2.05) is 58.9 Å². The minimum atomic E-state index is -0.914. The molecule has 1 amide bonds. The first-order valence-electron chi connectivity index (χ1n) is 11.3. The summed E-state index contributed by atoms with van der Waals surface area (Å²) in [5, 5.41) is 20.2. The summed E-state index contributed by atoms with van der Waals surface area (Å²) in [4.78, 5) is 18.4. The first-order chi connectivity index (χ1) is 16.1. The van der Waals surface area contributed by atoms with Gasteiger partial charge in [0, 0.05) is 16.7 Å². The van der Waals surface area contributed by atoms with Crippen molar-refractivity contribution in [3.8, 4) is 33.8 Å². The SMILES string of the molecule is CC(C)Oc1ccc(-c2nc(-c3cccc4c3CC[C@H]4N(C(=O)O)C(C)(C)C)ns2)cc1C#N. The maximum Gasteiger partial charge on any atom is 0.408 e. The van der Waals surface area contributed by atoms with E-state index in [4.69, 9.17) is 9.72 Å². The van der Waals surface area contributed by atoms with Gasteiger partial charge in [-0.2, -0.15) is 9.64 Å². The molecule has 0 aliphatic heterocycles. The topological polar surface area (TPSA) is 99.3 Å². The molecule has 34 heavy (non-hydrogen) atoms. The van der Waals surface area contributed by atoms with Crippen LogP contribution in [0.2, 0.25) is 0 Å². The number of aromatic nitrogens is 2. The van der Waals surface area contributed by atoms with Crippen molar-refractivity contribution in [1.29, 1.82) is 5.26 Å². The summed E-state index contributed by atoms with van der Waals surface area (Å²) in [6, 6.07) is 13.4. The van der Waals surface area contributed by atoms with Crippen LogP contribution in [0.4, 0.5) is 4.79 Å². The molecule has 0 bridgehead atoms. The van der Waals surface area contributed by atoms with Crippen molar-refractivity contribution in [2.75, 3.05) is 0 Å². The monoisotopic (exact) mass is 476 g/mol. The minimum Gasteiger partial charge on any atom is -0.490 e. The molecule has 0 spiro atoms. The summed E-state index contributed by atoms with van der Waals surface area (Å²) in [7, 11) is 0. The molecule has 8 heteroatoms. The molecule has 0 saturated carbocycles.